The summed E-state index contributed by atoms with van der Waals surface area (Å²) in [5.74, 6) is -0.0480. The van der Waals surface area contributed by atoms with E-state index < -0.39 is 0 Å². The molecule has 1 atom stereocenters. The third-order valence-corrected chi connectivity index (χ3v) is 1.84. The largest absolute Gasteiger partial charge is 0.382 e. The number of methoxy groups -OCH3 is 2. The zero-order valence-corrected chi connectivity index (χ0v) is 8.89. The SMILES string of the molecule is COCC(CNC(=O)CBr)OC. The number of carbonyl (C=O) groups excluding carboxylic acids is 1. The molecule has 0 aliphatic carbocycles. The first kappa shape index (κ1) is 11.9. The Hall–Kier alpha value is -0.130. The predicted molar refractivity (Wildman–Crippen MR) is 49.5 cm³/mol. The van der Waals surface area contributed by atoms with Crippen LogP contribution >= 0.6 is 15.9 Å². The van der Waals surface area contributed by atoms with E-state index in [1.54, 1.807) is 14.2 Å². The Morgan fingerprint density at radius 1 is 1.58 bits per heavy atom. The molecule has 0 bridgehead atoms. The molecule has 12 heavy (non-hydrogen) atoms. The Kier molecular flexibility index (Phi) is 7.43. The molecule has 0 rings (SSSR count). The van der Waals surface area contributed by atoms with E-state index in [9.17, 15) is 4.79 Å². The summed E-state index contributed by atoms with van der Waals surface area (Å²) in [6.07, 6.45) is -0.0713. The molecule has 1 unspecified atom stereocenters. The number of carbonyl (C=O) groups is 1. The summed E-state index contributed by atoms with van der Waals surface area (Å²) in [5, 5.41) is 2.99. The second-order valence-corrected chi connectivity index (χ2v) is 2.81. The number of rotatable bonds is 6. The maximum absolute atomic E-state index is 10.8. The third-order valence-electron chi connectivity index (χ3n) is 1.33. The van der Waals surface area contributed by atoms with Crippen molar-refractivity contribution in [1.82, 2.24) is 5.32 Å². The summed E-state index contributed by atoms with van der Waals surface area (Å²) in [4.78, 5) is 10.8. The van der Waals surface area contributed by atoms with Gasteiger partial charge in [-0.15, -0.1) is 0 Å². The van der Waals surface area contributed by atoms with Crippen LogP contribution in [0.4, 0.5) is 0 Å². The minimum atomic E-state index is -0.0713. The van der Waals surface area contributed by atoms with Crippen molar-refractivity contribution in [2.45, 2.75) is 6.10 Å². The topological polar surface area (TPSA) is 47.6 Å². The molecule has 0 aromatic carbocycles. The van der Waals surface area contributed by atoms with Crippen molar-refractivity contribution in [2.75, 3.05) is 32.7 Å². The molecular weight excluding hydrogens is 226 g/mol. The molecule has 4 nitrogen and oxygen atoms in total. The van der Waals surface area contributed by atoms with Crippen LogP contribution < -0.4 is 5.32 Å². The van der Waals surface area contributed by atoms with Gasteiger partial charge in [0.2, 0.25) is 5.91 Å². The molecule has 0 saturated heterocycles. The second kappa shape index (κ2) is 7.52. The van der Waals surface area contributed by atoms with Crippen LogP contribution in [0.15, 0.2) is 0 Å². The van der Waals surface area contributed by atoms with E-state index in [4.69, 9.17) is 9.47 Å². The van der Waals surface area contributed by atoms with Crippen molar-refractivity contribution in [3.63, 3.8) is 0 Å². The minimum absolute atomic E-state index is 0.0480. The highest BCUT2D eigenvalue weighted by atomic mass is 79.9. The van der Waals surface area contributed by atoms with E-state index in [0.29, 0.717) is 18.5 Å². The second-order valence-electron chi connectivity index (χ2n) is 2.25. The highest BCUT2D eigenvalue weighted by Gasteiger charge is 2.07. The molecular formula is C7H14BrNO3. The van der Waals surface area contributed by atoms with Crippen molar-refractivity contribution < 1.29 is 14.3 Å². The number of ether oxygens (including phenoxy) is 2. The molecule has 5 heteroatoms. The quantitative estimate of drug-likeness (QED) is 0.673. The smallest absolute Gasteiger partial charge is 0.230 e. The van der Waals surface area contributed by atoms with E-state index in [1.165, 1.54) is 0 Å². The molecule has 0 fully saturated rings. The number of nitrogens with one attached hydrogen (secondary N) is 1. The molecule has 0 aromatic rings. The molecule has 0 aromatic heterocycles. The van der Waals surface area contributed by atoms with E-state index in [0.717, 1.165) is 0 Å². The van der Waals surface area contributed by atoms with Gasteiger partial charge in [-0.1, -0.05) is 15.9 Å². The fourth-order valence-electron chi connectivity index (χ4n) is 0.671. The van der Waals surface area contributed by atoms with Crippen molar-refractivity contribution >= 4 is 21.8 Å². The van der Waals surface area contributed by atoms with Gasteiger partial charge in [0.25, 0.3) is 0 Å². The fourth-order valence-corrected chi connectivity index (χ4v) is 0.869. The standard InChI is InChI=1S/C7H14BrNO3/c1-11-5-6(12-2)4-9-7(10)3-8/h6H,3-5H2,1-2H3,(H,9,10). The van der Waals surface area contributed by atoms with Crippen LogP contribution in [-0.2, 0) is 14.3 Å². The first-order valence-electron chi connectivity index (χ1n) is 3.59. The summed E-state index contributed by atoms with van der Waals surface area (Å²) in [6, 6.07) is 0. The van der Waals surface area contributed by atoms with Crippen molar-refractivity contribution in [1.29, 1.82) is 0 Å². The summed E-state index contributed by atoms with van der Waals surface area (Å²) < 4.78 is 9.90. The van der Waals surface area contributed by atoms with Gasteiger partial charge >= 0.3 is 0 Å². The summed E-state index contributed by atoms with van der Waals surface area (Å²) >= 11 is 3.04. The van der Waals surface area contributed by atoms with Crippen molar-refractivity contribution in [3.8, 4) is 0 Å². The van der Waals surface area contributed by atoms with Gasteiger partial charge in [-0.25, -0.2) is 0 Å². The van der Waals surface area contributed by atoms with E-state index >= 15 is 0 Å². The van der Waals surface area contributed by atoms with Gasteiger partial charge in [0.15, 0.2) is 0 Å². The maximum atomic E-state index is 10.8. The van der Waals surface area contributed by atoms with Crippen molar-refractivity contribution in [2.24, 2.45) is 0 Å². The van der Waals surface area contributed by atoms with Crippen LogP contribution in [0.2, 0.25) is 0 Å². The monoisotopic (exact) mass is 239 g/mol. The summed E-state index contributed by atoms with van der Waals surface area (Å²) in [5.41, 5.74) is 0. The number of amides is 1. The zero-order valence-electron chi connectivity index (χ0n) is 7.30. The normalized spacial score (nSPS) is 12.6. The zero-order chi connectivity index (χ0) is 9.40. The van der Waals surface area contributed by atoms with Crippen LogP contribution in [0.25, 0.3) is 0 Å². The van der Waals surface area contributed by atoms with E-state index in [-0.39, 0.29) is 12.0 Å². The van der Waals surface area contributed by atoms with Gasteiger partial charge in [-0.3, -0.25) is 4.79 Å². The Morgan fingerprint density at radius 3 is 2.67 bits per heavy atom. The van der Waals surface area contributed by atoms with Gasteiger partial charge in [0.1, 0.15) is 0 Å². The molecule has 0 saturated carbocycles. The van der Waals surface area contributed by atoms with Crippen LogP contribution in [0.1, 0.15) is 0 Å². The molecule has 0 radical (unpaired) electrons. The van der Waals surface area contributed by atoms with E-state index in [2.05, 4.69) is 21.2 Å². The molecule has 1 N–H and O–H groups in total. The van der Waals surface area contributed by atoms with Crippen molar-refractivity contribution in [3.05, 3.63) is 0 Å². The third kappa shape index (κ3) is 5.51. The number of hydrogen-bond donors (Lipinski definition) is 1. The average Bonchev–Trinajstić information content (AvgIpc) is 2.11. The van der Waals surface area contributed by atoms with E-state index in [1.807, 2.05) is 0 Å². The lowest BCUT2D eigenvalue weighted by Crippen LogP contribution is -2.36. The Bertz CT molecular complexity index is 132. The first-order chi connectivity index (χ1) is 5.74. The van der Waals surface area contributed by atoms with Gasteiger partial charge < -0.3 is 14.8 Å². The Morgan fingerprint density at radius 2 is 2.25 bits per heavy atom. The molecule has 0 aliphatic rings. The highest BCUT2D eigenvalue weighted by molar-refractivity contribution is 9.09. The molecule has 72 valence electrons. The van der Waals surface area contributed by atoms with Crippen LogP contribution in [0.3, 0.4) is 0 Å². The van der Waals surface area contributed by atoms with Crippen LogP contribution in [0, 0.1) is 0 Å². The van der Waals surface area contributed by atoms with Gasteiger partial charge in [0, 0.05) is 20.8 Å². The van der Waals surface area contributed by atoms with Crippen LogP contribution in [-0.4, -0.2) is 44.7 Å². The van der Waals surface area contributed by atoms with Gasteiger partial charge in [-0.05, 0) is 0 Å². The summed E-state index contributed by atoms with van der Waals surface area (Å²) in [7, 11) is 3.18. The Labute approximate surface area is 80.7 Å². The maximum Gasteiger partial charge on any atom is 0.230 e. The lowest BCUT2D eigenvalue weighted by Gasteiger charge is -2.14. The van der Waals surface area contributed by atoms with Crippen LogP contribution in [0.5, 0.6) is 0 Å². The highest BCUT2D eigenvalue weighted by Crippen LogP contribution is 1.88. The Balaban J connectivity index is 3.50. The molecule has 1 amide bonds. The lowest BCUT2D eigenvalue weighted by molar-refractivity contribution is -0.119. The fraction of sp³-hybridized carbons (Fsp3) is 0.857. The first-order valence-corrected chi connectivity index (χ1v) is 4.71. The van der Waals surface area contributed by atoms with Gasteiger partial charge in [-0.2, -0.15) is 0 Å². The predicted octanol–water partition coefficient (Wildman–Crippen LogP) is 0.159. The number of alkyl halides is 1. The lowest BCUT2D eigenvalue weighted by atomic mass is 10.3. The number of hydrogen-bond acceptors (Lipinski definition) is 3. The summed E-state index contributed by atoms with van der Waals surface area (Å²) in [6.45, 7) is 0.966. The minimum Gasteiger partial charge on any atom is -0.382 e. The molecule has 0 heterocycles. The van der Waals surface area contributed by atoms with Gasteiger partial charge in [0.05, 0.1) is 18.0 Å². The average molecular weight is 240 g/mol. The number of halogens is 1. The molecule has 0 spiro atoms. The molecule has 0 aliphatic heterocycles.